The molecule has 144 valence electrons. The van der Waals surface area contributed by atoms with Gasteiger partial charge in [-0.1, -0.05) is 6.07 Å². The lowest BCUT2D eigenvalue weighted by Gasteiger charge is -2.34. The third-order valence-corrected chi connectivity index (χ3v) is 5.33. The highest BCUT2D eigenvalue weighted by atomic mass is 16.7. The van der Waals surface area contributed by atoms with E-state index >= 15 is 0 Å². The van der Waals surface area contributed by atoms with Gasteiger partial charge in [-0.2, -0.15) is 5.26 Å². The van der Waals surface area contributed by atoms with Crippen molar-refractivity contribution in [3.05, 3.63) is 47.5 Å². The van der Waals surface area contributed by atoms with Crippen molar-refractivity contribution < 1.29 is 9.63 Å². The topological polar surface area (TPSA) is 95.2 Å². The first kappa shape index (κ1) is 18.3. The molecule has 2 aliphatic rings. The van der Waals surface area contributed by atoms with Gasteiger partial charge in [-0.15, -0.1) is 0 Å². The van der Waals surface area contributed by atoms with E-state index in [4.69, 9.17) is 10.1 Å². The first-order valence-electron chi connectivity index (χ1n) is 9.52. The SMILES string of the molecule is Cc1ccc([C@@H]2CCON2C(=O)C2CCN(c3nccc(C#N)n3)CC2)cn1. The molecule has 2 aromatic rings. The molecule has 0 unspecified atom stereocenters. The van der Waals surface area contributed by atoms with Gasteiger partial charge in [-0.05, 0) is 37.5 Å². The molecule has 4 heterocycles. The largest absolute Gasteiger partial charge is 0.341 e. The Bertz CT molecular complexity index is 886. The van der Waals surface area contributed by atoms with Crippen LogP contribution < -0.4 is 4.90 Å². The molecule has 2 fully saturated rings. The number of hydrogen-bond acceptors (Lipinski definition) is 7. The summed E-state index contributed by atoms with van der Waals surface area (Å²) in [6, 6.07) is 7.53. The van der Waals surface area contributed by atoms with Crippen molar-refractivity contribution in [1.29, 1.82) is 5.26 Å². The number of nitrogens with zero attached hydrogens (tertiary/aromatic N) is 6. The van der Waals surface area contributed by atoms with Crippen LogP contribution in [0, 0.1) is 24.2 Å². The van der Waals surface area contributed by atoms with Gasteiger partial charge in [-0.3, -0.25) is 14.6 Å². The number of rotatable bonds is 3. The number of pyridine rings is 1. The Morgan fingerprint density at radius 1 is 1.21 bits per heavy atom. The maximum absolute atomic E-state index is 13.1. The maximum Gasteiger partial charge on any atom is 0.249 e. The number of nitriles is 1. The Balaban J connectivity index is 1.40. The normalized spacial score (nSPS) is 20.2. The zero-order valence-electron chi connectivity index (χ0n) is 15.8. The molecular formula is C20H22N6O2. The fourth-order valence-corrected chi connectivity index (χ4v) is 3.73. The summed E-state index contributed by atoms with van der Waals surface area (Å²) in [6.07, 6.45) is 5.62. The summed E-state index contributed by atoms with van der Waals surface area (Å²) in [5, 5.41) is 10.6. The molecule has 2 saturated heterocycles. The van der Waals surface area contributed by atoms with Crippen molar-refractivity contribution in [2.24, 2.45) is 5.92 Å². The molecule has 4 rings (SSSR count). The number of piperidine rings is 1. The van der Waals surface area contributed by atoms with Crippen LogP contribution in [0.3, 0.4) is 0 Å². The van der Waals surface area contributed by atoms with Gasteiger partial charge in [0.25, 0.3) is 0 Å². The van der Waals surface area contributed by atoms with Gasteiger partial charge in [0, 0.05) is 43.5 Å². The number of aromatic nitrogens is 3. The van der Waals surface area contributed by atoms with Crippen molar-refractivity contribution in [3.63, 3.8) is 0 Å². The standard InChI is InChI=1S/C20H22N6O2/c1-14-2-3-16(13-23-14)18-7-11-28-26(18)19(27)15-5-9-25(10-6-15)20-22-8-4-17(12-21)24-20/h2-4,8,13,15,18H,5-7,9-11H2,1H3/t18-/m0/s1. The highest BCUT2D eigenvalue weighted by Crippen LogP contribution is 2.33. The first-order chi connectivity index (χ1) is 13.7. The van der Waals surface area contributed by atoms with E-state index in [2.05, 4.69) is 15.0 Å². The lowest BCUT2D eigenvalue weighted by atomic mass is 9.95. The molecule has 8 heteroatoms. The van der Waals surface area contributed by atoms with E-state index in [0.717, 1.165) is 17.7 Å². The van der Waals surface area contributed by atoms with Crippen LogP contribution in [-0.2, 0) is 9.63 Å². The van der Waals surface area contributed by atoms with Crippen LogP contribution >= 0.6 is 0 Å². The summed E-state index contributed by atoms with van der Waals surface area (Å²) in [5.74, 6) is 0.495. The fraction of sp³-hybridized carbons (Fsp3) is 0.450. The lowest BCUT2D eigenvalue weighted by molar-refractivity contribution is -0.182. The van der Waals surface area contributed by atoms with E-state index in [-0.39, 0.29) is 17.9 Å². The van der Waals surface area contributed by atoms with E-state index in [1.165, 1.54) is 0 Å². The lowest BCUT2D eigenvalue weighted by Crippen LogP contribution is -2.42. The summed E-state index contributed by atoms with van der Waals surface area (Å²) in [7, 11) is 0. The maximum atomic E-state index is 13.1. The minimum absolute atomic E-state index is 0.0365. The molecule has 28 heavy (non-hydrogen) atoms. The third kappa shape index (κ3) is 3.66. The number of aryl methyl sites for hydroxylation is 1. The second kappa shape index (κ2) is 7.90. The quantitative estimate of drug-likeness (QED) is 0.808. The van der Waals surface area contributed by atoms with Gasteiger partial charge < -0.3 is 4.90 Å². The molecule has 1 amide bonds. The number of carbonyl (C=O) groups excluding carboxylic acids is 1. The molecule has 0 radical (unpaired) electrons. The summed E-state index contributed by atoms with van der Waals surface area (Å²) in [5.41, 5.74) is 2.31. The minimum Gasteiger partial charge on any atom is -0.341 e. The van der Waals surface area contributed by atoms with Crippen LogP contribution in [0.2, 0.25) is 0 Å². The predicted octanol–water partition coefficient (Wildman–Crippen LogP) is 2.17. The summed E-state index contributed by atoms with van der Waals surface area (Å²) in [6.45, 7) is 3.84. The van der Waals surface area contributed by atoms with E-state index in [0.29, 0.717) is 44.2 Å². The zero-order valence-corrected chi connectivity index (χ0v) is 15.8. The Labute approximate surface area is 163 Å². The van der Waals surface area contributed by atoms with Crippen LogP contribution in [0.5, 0.6) is 0 Å². The summed E-state index contributed by atoms with van der Waals surface area (Å²) in [4.78, 5) is 33.6. The van der Waals surface area contributed by atoms with Gasteiger partial charge in [0.05, 0.1) is 12.6 Å². The molecule has 0 N–H and O–H groups in total. The van der Waals surface area contributed by atoms with Gasteiger partial charge >= 0.3 is 0 Å². The molecule has 0 saturated carbocycles. The molecule has 0 aromatic carbocycles. The average molecular weight is 378 g/mol. The van der Waals surface area contributed by atoms with Crippen LogP contribution in [0.1, 0.15) is 42.3 Å². The van der Waals surface area contributed by atoms with Crippen molar-refractivity contribution >= 4 is 11.9 Å². The van der Waals surface area contributed by atoms with E-state index in [1.54, 1.807) is 17.3 Å². The third-order valence-electron chi connectivity index (χ3n) is 5.33. The van der Waals surface area contributed by atoms with Gasteiger partial charge in [0.2, 0.25) is 11.9 Å². The van der Waals surface area contributed by atoms with Crippen molar-refractivity contribution in [2.45, 2.75) is 32.2 Å². The van der Waals surface area contributed by atoms with Crippen LogP contribution in [-0.4, -0.2) is 45.6 Å². The van der Waals surface area contributed by atoms with Crippen molar-refractivity contribution in [2.75, 3.05) is 24.6 Å². The van der Waals surface area contributed by atoms with E-state index in [9.17, 15) is 4.79 Å². The number of amides is 1. The zero-order chi connectivity index (χ0) is 19.5. The molecule has 2 aliphatic heterocycles. The van der Waals surface area contributed by atoms with Gasteiger partial charge in [0.15, 0.2) is 0 Å². The predicted molar refractivity (Wildman–Crippen MR) is 101 cm³/mol. The number of hydroxylamine groups is 2. The molecule has 8 nitrogen and oxygen atoms in total. The molecular weight excluding hydrogens is 356 g/mol. The molecule has 0 bridgehead atoms. The molecule has 0 spiro atoms. The Hall–Kier alpha value is -3.05. The van der Waals surface area contributed by atoms with Crippen LogP contribution in [0.25, 0.3) is 0 Å². The first-order valence-corrected chi connectivity index (χ1v) is 9.52. The molecule has 0 aliphatic carbocycles. The van der Waals surface area contributed by atoms with Crippen molar-refractivity contribution in [3.8, 4) is 6.07 Å². The van der Waals surface area contributed by atoms with Crippen LogP contribution in [0.4, 0.5) is 5.95 Å². The smallest absolute Gasteiger partial charge is 0.249 e. The highest BCUT2D eigenvalue weighted by Gasteiger charge is 2.37. The van der Waals surface area contributed by atoms with Crippen LogP contribution in [0.15, 0.2) is 30.6 Å². The molecule has 1 atom stereocenters. The molecule has 2 aromatic heterocycles. The Morgan fingerprint density at radius 3 is 2.75 bits per heavy atom. The fourth-order valence-electron chi connectivity index (χ4n) is 3.73. The average Bonchev–Trinajstić information content (AvgIpc) is 3.24. The van der Waals surface area contributed by atoms with E-state index in [1.807, 2.05) is 36.2 Å². The van der Waals surface area contributed by atoms with E-state index < -0.39 is 0 Å². The highest BCUT2D eigenvalue weighted by molar-refractivity contribution is 5.78. The second-order valence-corrected chi connectivity index (χ2v) is 7.15. The van der Waals surface area contributed by atoms with Crippen molar-refractivity contribution in [1.82, 2.24) is 20.0 Å². The Kier molecular flexibility index (Phi) is 5.17. The Morgan fingerprint density at radius 2 is 2.04 bits per heavy atom. The van der Waals surface area contributed by atoms with Gasteiger partial charge in [0.1, 0.15) is 11.8 Å². The van der Waals surface area contributed by atoms with Gasteiger partial charge in [-0.25, -0.2) is 15.0 Å². The summed E-state index contributed by atoms with van der Waals surface area (Å²) < 4.78 is 0. The number of anilines is 1. The number of carbonyl (C=O) groups is 1. The minimum atomic E-state index is -0.0885. The summed E-state index contributed by atoms with van der Waals surface area (Å²) >= 11 is 0. The number of hydrogen-bond donors (Lipinski definition) is 0. The monoisotopic (exact) mass is 378 g/mol. The second-order valence-electron chi connectivity index (χ2n) is 7.15.